The standard InChI is InChI=1S/C13H18O2/c1-2-5-13(15)12-8-3-6-11(10-12)7-4-9-14/h3,6,8,10,14H,2,4-5,7,9H2,1H3. The van der Waals surface area contributed by atoms with Gasteiger partial charge in [-0.05, 0) is 30.9 Å². The van der Waals surface area contributed by atoms with Gasteiger partial charge in [0.1, 0.15) is 0 Å². The van der Waals surface area contributed by atoms with E-state index in [-0.39, 0.29) is 12.4 Å². The van der Waals surface area contributed by atoms with E-state index in [1.54, 1.807) is 0 Å². The molecule has 0 bridgehead atoms. The topological polar surface area (TPSA) is 37.3 Å². The van der Waals surface area contributed by atoms with Crippen molar-refractivity contribution in [1.82, 2.24) is 0 Å². The molecule has 1 aromatic carbocycles. The molecule has 0 unspecified atom stereocenters. The van der Waals surface area contributed by atoms with Crippen molar-refractivity contribution in [3.63, 3.8) is 0 Å². The molecule has 0 saturated heterocycles. The van der Waals surface area contributed by atoms with Crippen molar-refractivity contribution in [2.75, 3.05) is 6.61 Å². The lowest BCUT2D eigenvalue weighted by atomic mass is 10.0. The molecule has 0 atom stereocenters. The van der Waals surface area contributed by atoms with Crippen LogP contribution in [-0.4, -0.2) is 17.5 Å². The minimum Gasteiger partial charge on any atom is -0.396 e. The Kier molecular flexibility index (Phi) is 5.05. The third kappa shape index (κ3) is 3.84. The number of Topliss-reactive ketones (excluding diaryl/α,β-unsaturated/α-hetero) is 1. The Labute approximate surface area is 90.9 Å². The predicted octanol–water partition coefficient (Wildman–Crippen LogP) is 2.59. The van der Waals surface area contributed by atoms with Crippen molar-refractivity contribution < 1.29 is 9.90 Å². The summed E-state index contributed by atoms with van der Waals surface area (Å²) in [5, 5.41) is 8.72. The van der Waals surface area contributed by atoms with Crippen molar-refractivity contribution in [2.45, 2.75) is 32.6 Å². The summed E-state index contributed by atoms with van der Waals surface area (Å²) in [6, 6.07) is 7.71. The van der Waals surface area contributed by atoms with E-state index < -0.39 is 0 Å². The average molecular weight is 206 g/mol. The van der Waals surface area contributed by atoms with Crippen molar-refractivity contribution in [1.29, 1.82) is 0 Å². The van der Waals surface area contributed by atoms with Gasteiger partial charge in [-0.3, -0.25) is 4.79 Å². The summed E-state index contributed by atoms with van der Waals surface area (Å²) in [6.07, 6.45) is 3.10. The Bertz CT molecular complexity index is 318. The minimum absolute atomic E-state index is 0.202. The first kappa shape index (κ1) is 11.9. The molecular weight excluding hydrogens is 188 g/mol. The molecule has 0 radical (unpaired) electrons. The maximum atomic E-state index is 11.6. The molecule has 2 nitrogen and oxygen atoms in total. The molecule has 0 aliphatic carbocycles. The molecule has 0 aliphatic heterocycles. The van der Waals surface area contributed by atoms with Crippen molar-refractivity contribution in [3.8, 4) is 0 Å². The second-order valence-electron chi connectivity index (χ2n) is 3.70. The second kappa shape index (κ2) is 6.36. The maximum absolute atomic E-state index is 11.6. The SMILES string of the molecule is CCCC(=O)c1cccc(CCCO)c1. The van der Waals surface area contributed by atoms with Crippen LogP contribution in [0.3, 0.4) is 0 Å². The summed E-state index contributed by atoms with van der Waals surface area (Å²) < 4.78 is 0. The lowest BCUT2D eigenvalue weighted by Gasteiger charge is -2.03. The van der Waals surface area contributed by atoms with Gasteiger partial charge in [-0.1, -0.05) is 25.1 Å². The first-order valence-corrected chi connectivity index (χ1v) is 5.51. The fourth-order valence-electron chi connectivity index (χ4n) is 1.55. The summed E-state index contributed by atoms with van der Waals surface area (Å²) in [5.41, 5.74) is 1.93. The zero-order chi connectivity index (χ0) is 11.1. The Morgan fingerprint density at radius 1 is 1.40 bits per heavy atom. The van der Waals surface area contributed by atoms with Crippen LogP contribution in [0, 0.1) is 0 Å². The van der Waals surface area contributed by atoms with Crippen molar-refractivity contribution >= 4 is 5.78 Å². The highest BCUT2D eigenvalue weighted by atomic mass is 16.2. The lowest BCUT2D eigenvalue weighted by Crippen LogP contribution is -1.99. The lowest BCUT2D eigenvalue weighted by molar-refractivity contribution is 0.0981. The largest absolute Gasteiger partial charge is 0.396 e. The molecule has 2 heteroatoms. The van der Waals surface area contributed by atoms with Crippen LogP contribution in [0.25, 0.3) is 0 Å². The molecule has 0 aliphatic rings. The van der Waals surface area contributed by atoms with Gasteiger partial charge in [0.25, 0.3) is 0 Å². The number of hydrogen-bond acceptors (Lipinski definition) is 2. The predicted molar refractivity (Wildman–Crippen MR) is 61.1 cm³/mol. The van der Waals surface area contributed by atoms with Crippen molar-refractivity contribution in [3.05, 3.63) is 35.4 Å². The molecule has 1 N–H and O–H groups in total. The highest BCUT2D eigenvalue weighted by Crippen LogP contribution is 2.10. The monoisotopic (exact) mass is 206 g/mol. The van der Waals surface area contributed by atoms with Gasteiger partial charge in [0, 0.05) is 18.6 Å². The number of carbonyl (C=O) groups excluding carboxylic acids is 1. The van der Waals surface area contributed by atoms with Crippen LogP contribution in [0.15, 0.2) is 24.3 Å². The molecule has 0 heterocycles. The summed E-state index contributed by atoms with van der Waals surface area (Å²) in [7, 11) is 0. The number of hydrogen-bond donors (Lipinski definition) is 1. The number of aliphatic hydroxyl groups is 1. The van der Waals surface area contributed by atoms with Gasteiger partial charge in [0.15, 0.2) is 5.78 Å². The van der Waals surface area contributed by atoms with Gasteiger partial charge in [-0.15, -0.1) is 0 Å². The summed E-state index contributed by atoms with van der Waals surface area (Å²) in [5.74, 6) is 0.211. The third-order valence-electron chi connectivity index (χ3n) is 2.35. The first-order valence-electron chi connectivity index (χ1n) is 5.51. The van der Waals surface area contributed by atoms with Crippen LogP contribution in [0.1, 0.15) is 42.1 Å². The van der Waals surface area contributed by atoms with Crippen LogP contribution in [0.5, 0.6) is 0 Å². The van der Waals surface area contributed by atoms with Crippen LogP contribution < -0.4 is 0 Å². The number of carbonyl (C=O) groups is 1. The van der Waals surface area contributed by atoms with E-state index in [2.05, 4.69) is 0 Å². The van der Waals surface area contributed by atoms with E-state index in [9.17, 15) is 4.79 Å². The highest BCUT2D eigenvalue weighted by molar-refractivity contribution is 5.96. The molecule has 1 aromatic rings. The zero-order valence-electron chi connectivity index (χ0n) is 9.20. The molecular formula is C13H18O2. The number of aryl methyl sites for hydroxylation is 1. The Morgan fingerprint density at radius 2 is 2.20 bits per heavy atom. The van der Waals surface area contributed by atoms with Gasteiger partial charge < -0.3 is 5.11 Å². The zero-order valence-corrected chi connectivity index (χ0v) is 9.20. The minimum atomic E-state index is 0.202. The van der Waals surface area contributed by atoms with Gasteiger partial charge in [0.2, 0.25) is 0 Å². The van der Waals surface area contributed by atoms with Gasteiger partial charge in [-0.25, -0.2) is 0 Å². The molecule has 0 saturated carbocycles. The molecule has 15 heavy (non-hydrogen) atoms. The Balaban J connectivity index is 2.69. The number of aliphatic hydroxyl groups excluding tert-OH is 1. The average Bonchev–Trinajstić information content (AvgIpc) is 2.27. The van der Waals surface area contributed by atoms with E-state index in [4.69, 9.17) is 5.11 Å². The van der Waals surface area contributed by atoms with E-state index in [0.717, 1.165) is 30.4 Å². The third-order valence-corrected chi connectivity index (χ3v) is 2.35. The van der Waals surface area contributed by atoms with Crippen LogP contribution in [0.2, 0.25) is 0 Å². The number of benzene rings is 1. The van der Waals surface area contributed by atoms with Gasteiger partial charge in [0.05, 0.1) is 0 Å². The number of ketones is 1. The number of rotatable bonds is 6. The van der Waals surface area contributed by atoms with E-state index >= 15 is 0 Å². The Hall–Kier alpha value is -1.15. The molecule has 82 valence electrons. The highest BCUT2D eigenvalue weighted by Gasteiger charge is 2.04. The fraction of sp³-hybridized carbons (Fsp3) is 0.462. The molecule has 0 aromatic heterocycles. The molecule has 1 rings (SSSR count). The normalized spacial score (nSPS) is 10.3. The quantitative estimate of drug-likeness (QED) is 0.726. The van der Waals surface area contributed by atoms with Gasteiger partial charge >= 0.3 is 0 Å². The smallest absolute Gasteiger partial charge is 0.162 e. The van der Waals surface area contributed by atoms with E-state index in [1.165, 1.54) is 0 Å². The van der Waals surface area contributed by atoms with Crippen molar-refractivity contribution in [2.24, 2.45) is 0 Å². The summed E-state index contributed by atoms with van der Waals surface area (Å²) in [6.45, 7) is 2.21. The second-order valence-corrected chi connectivity index (χ2v) is 3.70. The molecule has 0 fully saturated rings. The fourth-order valence-corrected chi connectivity index (χ4v) is 1.55. The van der Waals surface area contributed by atoms with Crippen LogP contribution in [-0.2, 0) is 6.42 Å². The first-order chi connectivity index (χ1) is 7.27. The maximum Gasteiger partial charge on any atom is 0.162 e. The Morgan fingerprint density at radius 3 is 2.87 bits per heavy atom. The summed E-state index contributed by atoms with van der Waals surface area (Å²) in [4.78, 5) is 11.6. The van der Waals surface area contributed by atoms with E-state index in [0.29, 0.717) is 6.42 Å². The van der Waals surface area contributed by atoms with Crippen LogP contribution in [0.4, 0.5) is 0 Å². The van der Waals surface area contributed by atoms with E-state index in [1.807, 2.05) is 31.2 Å². The molecule has 0 amide bonds. The summed E-state index contributed by atoms with van der Waals surface area (Å²) >= 11 is 0. The van der Waals surface area contributed by atoms with Crippen LogP contribution >= 0.6 is 0 Å². The molecule has 0 spiro atoms. The van der Waals surface area contributed by atoms with Gasteiger partial charge in [-0.2, -0.15) is 0 Å².